The lowest BCUT2D eigenvalue weighted by Gasteiger charge is -2.19. The summed E-state index contributed by atoms with van der Waals surface area (Å²) in [5, 5.41) is 0. The highest BCUT2D eigenvalue weighted by molar-refractivity contribution is 6.69. The molecule has 0 spiro atoms. The van der Waals surface area contributed by atoms with Gasteiger partial charge in [0, 0.05) is 0 Å². The van der Waals surface area contributed by atoms with E-state index in [2.05, 4.69) is 19.6 Å². The highest BCUT2D eigenvalue weighted by Gasteiger charge is 2.15. The van der Waals surface area contributed by atoms with Crippen molar-refractivity contribution < 1.29 is 28.2 Å². The number of ether oxygens (including phenoxy) is 4. The Bertz CT molecular complexity index is 309. The van der Waals surface area contributed by atoms with Crippen molar-refractivity contribution in [1.29, 1.82) is 0 Å². The molecule has 0 bridgehead atoms. The van der Waals surface area contributed by atoms with E-state index in [1.165, 1.54) is 0 Å². The molecule has 0 fully saturated rings. The molecule has 0 N–H and O–H groups in total. The van der Waals surface area contributed by atoms with Crippen LogP contribution in [0.3, 0.4) is 0 Å². The molecule has 0 radical (unpaired) electrons. The van der Waals surface area contributed by atoms with Gasteiger partial charge in [0.05, 0.1) is 52.7 Å². The van der Waals surface area contributed by atoms with Crippen LogP contribution in [0.15, 0.2) is 0 Å². The molecule has 0 saturated heterocycles. The topological polar surface area (TPSA) is 63.2 Å². The molecule has 0 aromatic carbocycles. The van der Waals surface area contributed by atoms with Gasteiger partial charge >= 0.3 is 5.97 Å². The van der Waals surface area contributed by atoms with Gasteiger partial charge in [0.25, 0.3) is 0 Å². The van der Waals surface area contributed by atoms with Gasteiger partial charge in [-0.25, -0.2) is 0 Å². The number of rotatable bonds is 13. The summed E-state index contributed by atoms with van der Waals surface area (Å²) in [5.41, 5.74) is -0.444. The SMILES string of the molecule is CC(C)(C)OC(=O)CCOCCOCCOCCO[Si](C)(C)C. The van der Waals surface area contributed by atoms with Crippen molar-refractivity contribution >= 4 is 14.3 Å². The molecule has 0 aromatic rings. The Morgan fingerprint density at radius 3 is 1.65 bits per heavy atom. The first-order chi connectivity index (χ1) is 10.6. The van der Waals surface area contributed by atoms with Gasteiger partial charge in [-0.1, -0.05) is 0 Å². The fraction of sp³-hybridized carbons (Fsp3) is 0.938. The predicted molar refractivity (Wildman–Crippen MR) is 92.2 cm³/mol. The molecule has 0 aliphatic rings. The van der Waals surface area contributed by atoms with Crippen molar-refractivity contribution in [1.82, 2.24) is 0 Å². The first-order valence-electron chi connectivity index (χ1n) is 8.19. The molecule has 0 rings (SSSR count). The van der Waals surface area contributed by atoms with Gasteiger partial charge < -0.3 is 23.4 Å². The average molecular weight is 351 g/mol. The van der Waals surface area contributed by atoms with Crippen LogP contribution >= 0.6 is 0 Å². The predicted octanol–water partition coefficient (Wildman–Crippen LogP) is 2.62. The molecule has 0 heterocycles. The van der Waals surface area contributed by atoms with E-state index in [-0.39, 0.29) is 12.4 Å². The van der Waals surface area contributed by atoms with Crippen molar-refractivity contribution in [3.63, 3.8) is 0 Å². The van der Waals surface area contributed by atoms with Crippen LogP contribution in [0.4, 0.5) is 0 Å². The Morgan fingerprint density at radius 2 is 1.22 bits per heavy atom. The van der Waals surface area contributed by atoms with E-state index in [1.807, 2.05) is 20.8 Å². The molecule has 0 unspecified atom stereocenters. The molecule has 7 heteroatoms. The molecule has 0 atom stereocenters. The maximum absolute atomic E-state index is 11.4. The van der Waals surface area contributed by atoms with E-state index in [9.17, 15) is 4.79 Å². The number of carbonyl (C=O) groups is 1. The lowest BCUT2D eigenvalue weighted by Crippen LogP contribution is -2.27. The second-order valence-corrected chi connectivity index (χ2v) is 11.6. The standard InChI is InChI=1S/C16H34O6Si/c1-16(2,3)22-15(17)7-8-18-9-10-19-11-12-20-13-14-21-23(4,5)6/h7-14H2,1-6H3. The quantitative estimate of drug-likeness (QED) is 0.289. The zero-order chi connectivity index (χ0) is 17.8. The fourth-order valence-electron chi connectivity index (χ4n) is 1.50. The lowest BCUT2D eigenvalue weighted by molar-refractivity contribution is -0.156. The normalized spacial score (nSPS) is 12.4. The van der Waals surface area contributed by atoms with Crippen molar-refractivity contribution in [3.8, 4) is 0 Å². The van der Waals surface area contributed by atoms with Gasteiger partial charge in [-0.05, 0) is 40.4 Å². The zero-order valence-electron chi connectivity index (χ0n) is 15.6. The molecule has 0 aliphatic heterocycles. The van der Waals surface area contributed by atoms with Crippen molar-refractivity contribution in [2.24, 2.45) is 0 Å². The van der Waals surface area contributed by atoms with Crippen LogP contribution in [0.25, 0.3) is 0 Å². The Hall–Kier alpha value is -0.473. The third-order valence-corrected chi connectivity index (χ3v) is 3.45. The minimum Gasteiger partial charge on any atom is -0.460 e. The minimum absolute atomic E-state index is 0.243. The Balaban J connectivity index is 3.24. The second-order valence-electron chi connectivity index (χ2n) is 7.13. The number of hydrogen-bond donors (Lipinski definition) is 0. The van der Waals surface area contributed by atoms with E-state index in [1.54, 1.807) is 0 Å². The van der Waals surface area contributed by atoms with E-state index >= 15 is 0 Å². The first-order valence-corrected chi connectivity index (χ1v) is 11.6. The van der Waals surface area contributed by atoms with E-state index in [4.69, 9.17) is 23.4 Å². The third-order valence-electron chi connectivity index (χ3n) is 2.38. The van der Waals surface area contributed by atoms with Crippen LogP contribution in [0, 0.1) is 0 Å². The fourth-order valence-corrected chi connectivity index (χ4v) is 2.19. The Morgan fingerprint density at radius 1 is 0.783 bits per heavy atom. The summed E-state index contributed by atoms with van der Waals surface area (Å²) in [6.07, 6.45) is 0.261. The number of hydrogen-bond acceptors (Lipinski definition) is 6. The van der Waals surface area contributed by atoms with Crippen LogP contribution in [0.2, 0.25) is 19.6 Å². The molecule has 0 aromatic heterocycles. The summed E-state index contributed by atoms with van der Waals surface area (Å²) in [6, 6.07) is 0. The van der Waals surface area contributed by atoms with Crippen LogP contribution in [-0.2, 0) is 28.2 Å². The Kier molecular flexibility index (Phi) is 11.7. The van der Waals surface area contributed by atoms with Gasteiger partial charge in [-0.3, -0.25) is 4.79 Å². The van der Waals surface area contributed by atoms with Crippen LogP contribution in [-0.4, -0.2) is 66.1 Å². The molecular weight excluding hydrogens is 316 g/mol. The molecular formula is C16H34O6Si. The van der Waals surface area contributed by atoms with Gasteiger partial charge in [-0.15, -0.1) is 0 Å². The Labute approximate surface area is 141 Å². The molecule has 138 valence electrons. The summed E-state index contributed by atoms with van der Waals surface area (Å²) in [5.74, 6) is -0.243. The molecule has 0 aliphatic carbocycles. The number of esters is 1. The van der Waals surface area contributed by atoms with Crippen molar-refractivity contribution in [3.05, 3.63) is 0 Å². The zero-order valence-corrected chi connectivity index (χ0v) is 16.6. The summed E-state index contributed by atoms with van der Waals surface area (Å²) < 4.78 is 26.9. The van der Waals surface area contributed by atoms with Crippen LogP contribution in [0.5, 0.6) is 0 Å². The average Bonchev–Trinajstić information content (AvgIpc) is 2.36. The smallest absolute Gasteiger partial charge is 0.308 e. The van der Waals surface area contributed by atoms with Gasteiger partial charge in [0.1, 0.15) is 5.60 Å². The molecule has 0 saturated carbocycles. The monoisotopic (exact) mass is 350 g/mol. The van der Waals surface area contributed by atoms with Crippen molar-refractivity contribution in [2.45, 2.75) is 52.4 Å². The summed E-state index contributed by atoms with van der Waals surface area (Å²) >= 11 is 0. The second kappa shape index (κ2) is 12.0. The molecule has 0 amide bonds. The van der Waals surface area contributed by atoms with Gasteiger partial charge in [-0.2, -0.15) is 0 Å². The van der Waals surface area contributed by atoms with E-state index < -0.39 is 13.9 Å². The molecule has 23 heavy (non-hydrogen) atoms. The van der Waals surface area contributed by atoms with Crippen molar-refractivity contribution in [2.75, 3.05) is 46.2 Å². The summed E-state index contributed by atoms with van der Waals surface area (Å²) in [7, 11) is -1.43. The summed E-state index contributed by atoms with van der Waals surface area (Å²) in [6.45, 7) is 15.6. The van der Waals surface area contributed by atoms with Gasteiger partial charge in [0.2, 0.25) is 0 Å². The third kappa shape index (κ3) is 19.5. The van der Waals surface area contributed by atoms with Gasteiger partial charge in [0.15, 0.2) is 8.32 Å². The first kappa shape index (κ1) is 22.5. The minimum atomic E-state index is -1.43. The highest BCUT2D eigenvalue weighted by atomic mass is 28.4. The van der Waals surface area contributed by atoms with E-state index in [0.717, 1.165) is 0 Å². The largest absolute Gasteiger partial charge is 0.460 e. The maximum atomic E-state index is 11.4. The molecule has 6 nitrogen and oxygen atoms in total. The van der Waals surface area contributed by atoms with Crippen LogP contribution in [0.1, 0.15) is 27.2 Å². The highest BCUT2D eigenvalue weighted by Crippen LogP contribution is 2.08. The lowest BCUT2D eigenvalue weighted by atomic mass is 10.2. The maximum Gasteiger partial charge on any atom is 0.308 e. The van der Waals surface area contributed by atoms with E-state index in [0.29, 0.717) is 46.2 Å². The summed E-state index contributed by atoms with van der Waals surface area (Å²) in [4.78, 5) is 11.4. The van der Waals surface area contributed by atoms with Crippen LogP contribution < -0.4 is 0 Å². The number of carbonyl (C=O) groups excluding carboxylic acids is 1.